The molecule has 1 unspecified atom stereocenters. The molecule has 1 aromatic rings. The second kappa shape index (κ2) is 6.64. The summed E-state index contributed by atoms with van der Waals surface area (Å²) < 4.78 is 34.4. The SMILES string of the molecule is NC(=O)c1sc(Br)c2c1N(CCC1CCCCO1)CC(F)(F)C2. The van der Waals surface area contributed by atoms with Crippen molar-refractivity contribution in [2.75, 3.05) is 24.6 Å². The summed E-state index contributed by atoms with van der Waals surface area (Å²) >= 11 is 4.44. The van der Waals surface area contributed by atoms with Gasteiger partial charge >= 0.3 is 0 Å². The highest BCUT2D eigenvalue weighted by atomic mass is 79.9. The molecule has 3 heterocycles. The topological polar surface area (TPSA) is 55.6 Å². The van der Waals surface area contributed by atoms with Gasteiger partial charge in [-0.3, -0.25) is 4.79 Å². The molecule has 3 rings (SSSR count). The number of carbonyl (C=O) groups is 1. The third kappa shape index (κ3) is 3.69. The first kappa shape index (κ1) is 17.1. The van der Waals surface area contributed by atoms with Gasteiger partial charge in [0.2, 0.25) is 0 Å². The van der Waals surface area contributed by atoms with Crippen molar-refractivity contribution in [2.24, 2.45) is 5.73 Å². The van der Waals surface area contributed by atoms with Crippen LogP contribution in [0.4, 0.5) is 14.5 Å². The van der Waals surface area contributed by atoms with Crippen LogP contribution in [0.15, 0.2) is 3.79 Å². The molecule has 1 aromatic heterocycles. The number of rotatable bonds is 4. The van der Waals surface area contributed by atoms with E-state index in [0.29, 0.717) is 32.9 Å². The highest BCUT2D eigenvalue weighted by molar-refractivity contribution is 9.11. The molecule has 2 aliphatic heterocycles. The predicted octanol–water partition coefficient (Wildman–Crippen LogP) is 3.57. The van der Waals surface area contributed by atoms with Crippen molar-refractivity contribution in [3.63, 3.8) is 0 Å². The number of amides is 1. The molecule has 1 saturated heterocycles. The number of alkyl halides is 2. The number of fused-ring (bicyclic) bond motifs is 1. The van der Waals surface area contributed by atoms with E-state index in [9.17, 15) is 13.6 Å². The predicted molar refractivity (Wildman–Crippen MR) is 89.6 cm³/mol. The average Bonchev–Trinajstić information content (AvgIpc) is 2.82. The van der Waals surface area contributed by atoms with Gasteiger partial charge in [0.25, 0.3) is 11.8 Å². The summed E-state index contributed by atoms with van der Waals surface area (Å²) in [5.41, 5.74) is 6.50. The third-order valence-electron chi connectivity index (χ3n) is 4.32. The molecule has 0 radical (unpaired) electrons. The lowest BCUT2D eigenvalue weighted by Crippen LogP contribution is -2.44. The van der Waals surface area contributed by atoms with Crippen molar-refractivity contribution in [1.29, 1.82) is 0 Å². The normalized spacial score (nSPS) is 23.6. The van der Waals surface area contributed by atoms with E-state index in [1.165, 1.54) is 0 Å². The Hall–Kier alpha value is -0.730. The van der Waals surface area contributed by atoms with Crippen molar-refractivity contribution in [3.8, 4) is 0 Å². The standard InChI is InChI=1S/C15H19BrF2N2O2S/c16-13-10-7-15(17,18)8-20(11(10)12(23-13)14(19)21)5-4-9-3-1-2-6-22-9/h9H,1-8H2,(H2,19,21). The fourth-order valence-corrected chi connectivity index (χ4v) is 5.02. The monoisotopic (exact) mass is 408 g/mol. The molecule has 0 bridgehead atoms. The Morgan fingerprint density at radius 1 is 1.48 bits per heavy atom. The Morgan fingerprint density at radius 2 is 2.26 bits per heavy atom. The molecule has 0 saturated carbocycles. The fraction of sp³-hybridized carbons (Fsp3) is 0.667. The van der Waals surface area contributed by atoms with E-state index >= 15 is 0 Å². The van der Waals surface area contributed by atoms with E-state index in [0.717, 1.165) is 37.2 Å². The number of carbonyl (C=O) groups excluding carboxylic acids is 1. The molecule has 1 atom stereocenters. The van der Waals surface area contributed by atoms with Gasteiger partial charge in [0.15, 0.2) is 0 Å². The Kier molecular flexibility index (Phi) is 4.94. The number of hydrogen-bond donors (Lipinski definition) is 1. The summed E-state index contributed by atoms with van der Waals surface area (Å²) in [4.78, 5) is 13.6. The minimum atomic E-state index is -2.81. The number of nitrogens with two attached hydrogens (primary N) is 1. The molecule has 0 aliphatic carbocycles. The Bertz CT molecular complexity index is 603. The lowest BCUT2D eigenvalue weighted by Gasteiger charge is -2.36. The maximum absolute atomic E-state index is 14.1. The summed E-state index contributed by atoms with van der Waals surface area (Å²) in [6, 6.07) is 0. The molecule has 0 spiro atoms. The molecule has 4 nitrogen and oxygen atoms in total. The number of primary amides is 1. The van der Waals surface area contributed by atoms with Gasteiger partial charge in [0.05, 0.1) is 22.1 Å². The van der Waals surface area contributed by atoms with E-state index in [-0.39, 0.29) is 19.1 Å². The van der Waals surface area contributed by atoms with Crippen LogP contribution in [0.5, 0.6) is 0 Å². The summed E-state index contributed by atoms with van der Waals surface area (Å²) in [6.07, 6.45) is 3.58. The highest BCUT2D eigenvalue weighted by Crippen LogP contribution is 2.46. The fourth-order valence-electron chi connectivity index (χ4n) is 3.28. The van der Waals surface area contributed by atoms with Crippen LogP contribution in [0.25, 0.3) is 0 Å². The number of thiophene rings is 1. The molecule has 1 fully saturated rings. The Labute approximate surface area is 146 Å². The van der Waals surface area contributed by atoms with Crippen LogP contribution in [-0.4, -0.2) is 37.6 Å². The van der Waals surface area contributed by atoms with Crippen molar-refractivity contribution < 1.29 is 18.3 Å². The first-order valence-corrected chi connectivity index (χ1v) is 9.34. The van der Waals surface area contributed by atoms with E-state index in [2.05, 4.69) is 15.9 Å². The van der Waals surface area contributed by atoms with Gasteiger partial charge in [-0.05, 0) is 41.6 Å². The van der Waals surface area contributed by atoms with Gasteiger partial charge in [-0.2, -0.15) is 0 Å². The van der Waals surface area contributed by atoms with Crippen LogP contribution in [0, 0.1) is 0 Å². The molecule has 1 amide bonds. The zero-order valence-corrected chi connectivity index (χ0v) is 15.0. The second-order valence-corrected chi connectivity index (χ2v) is 8.47. The van der Waals surface area contributed by atoms with Gasteiger partial charge < -0.3 is 15.4 Å². The van der Waals surface area contributed by atoms with Crippen LogP contribution in [0.3, 0.4) is 0 Å². The highest BCUT2D eigenvalue weighted by Gasteiger charge is 2.42. The lowest BCUT2D eigenvalue weighted by molar-refractivity contribution is -0.00112. The van der Waals surface area contributed by atoms with Gasteiger partial charge in [-0.1, -0.05) is 0 Å². The summed E-state index contributed by atoms with van der Waals surface area (Å²) in [7, 11) is 0. The number of halogens is 3. The lowest BCUT2D eigenvalue weighted by atomic mass is 10.00. The van der Waals surface area contributed by atoms with Crippen molar-refractivity contribution in [2.45, 2.75) is 44.1 Å². The van der Waals surface area contributed by atoms with E-state index in [4.69, 9.17) is 10.5 Å². The van der Waals surface area contributed by atoms with Crippen LogP contribution in [0.2, 0.25) is 0 Å². The molecular weight excluding hydrogens is 390 g/mol. The minimum absolute atomic E-state index is 0.113. The van der Waals surface area contributed by atoms with Gasteiger partial charge in [-0.15, -0.1) is 11.3 Å². The number of nitrogens with zero attached hydrogens (tertiary/aromatic N) is 1. The van der Waals surface area contributed by atoms with Crippen LogP contribution in [0.1, 0.15) is 40.9 Å². The summed E-state index contributed by atoms with van der Waals surface area (Å²) in [5.74, 6) is -3.38. The average molecular weight is 409 g/mol. The summed E-state index contributed by atoms with van der Waals surface area (Å²) in [6.45, 7) is 0.801. The molecule has 0 aromatic carbocycles. The maximum Gasteiger partial charge on any atom is 0.269 e. The maximum atomic E-state index is 14.1. The van der Waals surface area contributed by atoms with Gasteiger partial charge in [0.1, 0.15) is 4.88 Å². The van der Waals surface area contributed by atoms with Crippen LogP contribution >= 0.6 is 27.3 Å². The van der Waals surface area contributed by atoms with E-state index in [1.54, 1.807) is 4.90 Å². The largest absolute Gasteiger partial charge is 0.378 e. The minimum Gasteiger partial charge on any atom is -0.378 e. The van der Waals surface area contributed by atoms with Gasteiger partial charge in [-0.25, -0.2) is 8.78 Å². The zero-order chi connectivity index (χ0) is 16.6. The summed E-state index contributed by atoms with van der Waals surface area (Å²) in [5, 5.41) is 0. The zero-order valence-electron chi connectivity index (χ0n) is 12.6. The quantitative estimate of drug-likeness (QED) is 0.828. The first-order chi connectivity index (χ1) is 10.9. The number of anilines is 1. The molecule has 2 aliphatic rings. The molecule has 8 heteroatoms. The van der Waals surface area contributed by atoms with Crippen molar-refractivity contribution >= 4 is 38.9 Å². The number of hydrogen-bond acceptors (Lipinski definition) is 4. The molecular formula is C15H19BrF2N2O2S. The smallest absolute Gasteiger partial charge is 0.269 e. The van der Waals surface area contributed by atoms with E-state index < -0.39 is 11.8 Å². The molecule has 23 heavy (non-hydrogen) atoms. The first-order valence-electron chi connectivity index (χ1n) is 7.73. The van der Waals surface area contributed by atoms with Crippen LogP contribution < -0.4 is 10.6 Å². The Balaban J connectivity index is 1.83. The molecule has 2 N–H and O–H groups in total. The second-order valence-electron chi connectivity index (χ2n) is 6.13. The number of ether oxygens (including phenoxy) is 1. The van der Waals surface area contributed by atoms with Crippen molar-refractivity contribution in [1.82, 2.24) is 0 Å². The van der Waals surface area contributed by atoms with Crippen molar-refractivity contribution in [3.05, 3.63) is 14.2 Å². The van der Waals surface area contributed by atoms with E-state index in [1.807, 2.05) is 0 Å². The van der Waals surface area contributed by atoms with Gasteiger partial charge in [0, 0.05) is 25.1 Å². The Morgan fingerprint density at radius 3 is 2.91 bits per heavy atom. The van der Waals surface area contributed by atoms with Crippen LogP contribution in [-0.2, 0) is 11.2 Å². The third-order valence-corrected chi connectivity index (χ3v) is 6.31. The molecule has 128 valence electrons.